The molecular weight excluding hydrogens is 280 g/mol. The lowest BCUT2D eigenvalue weighted by Crippen LogP contribution is -2.24. The molecule has 1 unspecified atom stereocenters. The van der Waals surface area contributed by atoms with Crippen LogP contribution < -0.4 is 5.32 Å². The first-order valence-electron chi connectivity index (χ1n) is 6.23. The number of halogens is 1. The van der Waals surface area contributed by atoms with Crippen molar-refractivity contribution in [3.63, 3.8) is 0 Å². The number of hydrogen-bond donors (Lipinski definition) is 1. The van der Waals surface area contributed by atoms with Gasteiger partial charge >= 0.3 is 0 Å². The number of fused-ring (bicyclic) bond motifs is 1. The Morgan fingerprint density at radius 2 is 2.37 bits per heavy atom. The van der Waals surface area contributed by atoms with E-state index in [2.05, 4.69) is 21.7 Å². The predicted molar refractivity (Wildman–Crippen MR) is 77.9 cm³/mol. The molecule has 1 amide bonds. The zero-order chi connectivity index (χ0) is 13.2. The van der Waals surface area contributed by atoms with Crippen molar-refractivity contribution >= 4 is 34.7 Å². The molecule has 1 aliphatic rings. The van der Waals surface area contributed by atoms with Gasteiger partial charge in [-0.3, -0.25) is 4.79 Å². The van der Waals surface area contributed by atoms with E-state index in [1.807, 2.05) is 0 Å². The molecule has 0 radical (unpaired) electrons. The highest BCUT2D eigenvalue weighted by Crippen LogP contribution is 2.35. The Kier molecular flexibility index (Phi) is 3.53. The highest BCUT2D eigenvalue weighted by molar-refractivity contribution is 7.10. The molecule has 0 aliphatic heterocycles. The van der Waals surface area contributed by atoms with E-state index in [-0.39, 0.29) is 11.8 Å². The maximum atomic E-state index is 12.3. The lowest BCUT2D eigenvalue weighted by atomic mass is 9.87. The molecule has 3 rings (SSSR count). The molecule has 1 N–H and O–H groups in total. The second-order valence-electron chi connectivity index (χ2n) is 4.59. The predicted octanol–water partition coefficient (Wildman–Crippen LogP) is 3.86. The van der Waals surface area contributed by atoms with Gasteiger partial charge in [0, 0.05) is 16.1 Å². The molecule has 5 heteroatoms. The SMILES string of the molecule is O=C(Nc1cc(Cl)ccn1)C1CCCc2sccc21. The summed E-state index contributed by atoms with van der Waals surface area (Å²) in [6, 6.07) is 5.42. The monoisotopic (exact) mass is 292 g/mol. The van der Waals surface area contributed by atoms with Crippen molar-refractivity contribution in [1.29, 1.82) is 0 Å². The van der Waals surface area contributed by atoms with E-state index in [1.165, 1.54) is 10.4 Å². The summed E-state index contributed by atoms with van der Waals surface area (Å²) >= 11 is 7.63. The zero-order valence-corrected chi connectivity index (χ0v) is 11.8. The summed E-state index contributed by atoms with van der Waals surface area (Å²) < 4.78 is 0. The van der Waals surface area contributed by atoms with E-state index in [1.54, 1.807) is 29.7 Å². The smallest absolute Gasteiger partial charge is 0.233 e. The van der Waals surface area contributed by atoms with Gasteiger partial charge in [0.2, 0.25) is 5.91 Å². The number of carbonyl (C=O) groups is 1. The van der Waals surface area contributed by atoms with Crippen LogP contribution in [0.4, 0.5) is 5.82 Å². The third-order valence-electron chi connectivity index (χ3n) is 3.34. The van der Waals surface area contributed by atoms with E-state index in [0.29, 0.717) is 10.8 Å². The summed E-state index contributed by atoms with van der Waals surface area (Å²) in [5, 5.41) is 5.49. The van der Waals surface area contributed by atoms with Gasteiger partial charge in [0.25, 0.3) is 0 Å². The normalized spacial score (nSPS) is 17.8. The molecule has 0 saturated heterocycles. The Morgan fingerprint density at radius 3 is 3.21 bits per heavy atom. The second-order valence-corrected chi connectivity index (χ2v) is 6.03. The Hall–Kier alpha value is -1.39. The third kappa shape index (κ3) is 2.65. The van der Waals surface area contributed by atoms with Crippen LogP contribution in [0.2, 0.25) is 5.02 Å². The summed E-state index contributed by atoms with van der Waals surface area (Å²) in [5.74, 6) is 0.463. The van der Waals surface area contributed by atoms with Gasteiger partial charge in [-0.15, -0.1) is 11.3 Å². The van der Waals surface area contributed by atoms with E-state index in [4.69, 9.17) is 11.6 Å². The third-order valence-corrected chi connectivity index (χ3v) is 4.57. The summed E-state index contributed by atoms with van der Waals surface area (Å²) in [7, 11) is 0. The van der Waals surface area contributed by atoms with Gasteiger partial charge < -0.3 is 5.32 Å². The summed E-state index contributed by atoms with van der Waals surface area (Å²) in [4.78, 5) is 17.8. The van der Waals surface area contributed by atoms with Crippen molar-refractivity contribution in [1.82, 2.24) is 4.98 Å². The minimum Gasteiger partial charge on any atom is -0.310 e. The molecule has 0 aromatic carbocycles. The van der Waals surface area contributed by atoms with Crippen molar-refractivity contribution in [2.75, 3.05) is 5.32 Å². The Labute approximate surface area is 120 Å². The van der Waals surface area contributed by atoms with Crippen molar-refractivity contribution in [2.45, 2.75) is 25.2 Å². The molecule has 0 spiro atoms. The van der Waals surface area contributed by atoms with Crippen LogP contribution in [0.1, 0.15) is 29.2 Å². The molecule has 3 nitrogen and oxygen atoms in total. The lowest BCUT2D eigenvalue weighted by Gasteiger charge is -2.21. The number of pyridine rings is 1. The van der Waals surface area contributed by atoms with Crippen molar-refractivity contribution < 1.29 is 4.79 Å². The van der Waals surface area contributed by atoms with Crippen LogP contribution in [-0.2, 0) is 11.2 Å². The number of aryl methyl sites for hydroxylation is 1. The molecule has 2 aromatic rings. The number of aromatic nitrogens is 1. The van der Waals surface area contributed by atoms with Crippen LogP contribution in [0.25, 0.3) is 0 Å². The molecule has 1 aliphatic carbocycles. The van der Waals surface area contributed by atoms with Gasteiger partial charge in [-0.05, 0) is 48.4 Å². The number of nitrogens with zero attached hydrogens (tertiary/aromatic N) is 1. The first-order valence-corrected chi connectivity index (χ1v) is 7.48. The number of hydrogen-bond acceptors (Lipinski definition) is 3. The highest BCUT2D eigenvalue weighted by atomic mass is 35.5. The zero-order valence-electron chi connectivity index (χ0n) is 10.2. The fraction of sp³-hybridized carbons (Fsp3) is 0.286. The van der Waals surface area contributed by atoms with Gasteiger partial charge in [-0.25, -0.2) is 4.98 Å². The molecule has 0 saturated carbocycles. The van der Waals surface area contributed by atoms with Crippen molar-refractivity contribution in [3.05, 3.63) is 45.2 Å². The van der Waals surface area contributed by atoms with E-state index in [9.17, 15) is 4.79 Å². The Balaban J connectivity index is 1.79. The first-order chi connectivity index (χ1) is 9.24. The number of nitrogens with one attached hydrogen (secondary N) is 1. The molecule has 0 fully saturated rings. The number of amides is 1. The van der Waals surface area contributed by atoms with Crippen LogP contribution in [0.5, 0.6) is 0 Å². The average Bonchev–Trinajstić information content (AvgIpc) is 2.86. The fourth-order valence-electron chi connectivity index (χ4n) is 2.45. The maximum absolute atomic E-state index is 12.3. The first kappa shape index (κ1) is 12.6. The number of thiophene rings is 1. The molecule has 19 heavy (non-hydrogen) atoms. The van der Waals surface area contributed by atoms with Crippen LogP contribution in [0.15, 0.2) is 29.8 Å². The quantitative estimate of drug-likeness (QED) is 0.913. The molecule has 2 heterocycles. The summed E-state index contributed by atoms with van der Waals surface area (Å²) in [6.45, 7) is 0. The van der Waals surface area contributed by atoms with Gasteiger partial charge in [0.1, 0.15) is 5.82 Å². The number of rotatable bonds is 2. The number of carbonyl (C=O) groups excluding carboxylic acids is 1. The molecule has 2 aromatic heterocycles. The molecular formula is C14H13ClN2OS. The molecule has 0 bridgehead atoms. The van der Waals surface area contributed by atoms with Crippen molar-refractivity contribution in [3.8, 4) is 0 Å². The van der Waals surface area contributed by atoms with Gasteiger partial charge in [0.15, 0.2) is 0 Å². The maximum Gasteiger partial charge on any atom is 0.233 e. The van der Waals surface area contributed by atoms with E-state index >= 15 is 0 Å². The van der Waals surface area contributed by atoms with Crippen molar-refractivity contribution in [2.24, 2.45) is 0 Å². The summed E-state index contributed by atoms with van der Waals surface area (Å²) in [6.07, 6.45) is 4.64. The van der Waals surface area contributed by atoms with Crippen LogP contribution in [0, 0.1) is 0 Å². The van der Waals surface area contributed by atoms with Gasteiger partial charge in [0.05, 0.1) is 5.92 Å². The average molecular weight is 293 g/mol. The van der Waals surface area contributed by atoms with Gasteiger partial charge in [-0.2, -0.15) is 0 Å². The Morgan fingerprint density at radius 1 is 1.47 bits per heavy atom. The minimum atomic E-state index is -0.0595. The van der Waals surface area contributed by atoms with E-state index in [0.717, 1.165) is 19.3 Å². The Bertz CT molecular complexity index is 611. The second kappa shape index (κ2) is 5.31. The standard InChI is InChI=1S/C14H13ClN2OS/c15-9-4-6-16-13(8-9)17-14(18)11-2-1-3-12-10(11)5-7-19-12/h4-8,11H,1-3H2,(H,16,17,18). The minimum absolute atomic E-state index is 0.00844. The topological polar surface area (TPSA) is 42.0 Å². The number of anilines is 1. The van der Waals surface area contributed by atoms with E-state index < -0.39 is 0 Å². The van der Waals surface area contributed by atoms with Crippen LogP contribution in [-0.4, -0.2) is 10.9 Å². The van der Waals surface area contributed by atoms with Crippen LogP contribution >= 0.6 is 22.9 Å². The van der Waals surface area contributed by atoms with Crippen LogP contribution in [0.3, 0.4) is 0 Å². The summed E-state index contributed by atoms with van der Waals surface area (Å²) in [5.41, 5.74) is 1.18. The molecule has 98 valence electrons. The van der Waals surface area contributed by atoms with Gasteiger partial charge in [-0.1, -0.05) is 11.6 Å². The lowest BCUT2D eigenvalue weighted by molar-refractivity contribution is -0.117. The highest BCUT2D eigenvalue weighted by Gasteiger charge is 2.27. The largest absolute Gasteiger partial charge is 0.310 e. The fourth-order valence-corrected chi connectivity index (χ4v) is 3.59. The molecule has 1 atom stereocenters.